The number of benzene rings is 2. The summed E-state index contributed by atoms with van der Waals surface area (Å²) < 4.78 is 0. The highest BCUT2D eigenvalue weighted by Gasteiger charge is 2.02. The van der Waals surface area contributed by atoms with Crippen molar-refractivity contribution in [2.45, 2.75) is 19.6 Å². The fourth-order valence-electron chi connectivity index (χ4n) is 2.85. The van der Waals surface area contributed by atoms with Gasteiger partial charge in [-0.25, -0.2) is 0 Å². The van der Waals surface area contributed by atoms with E-state index in [1.54, 1.807) is 0 Å². The Kier molecular flexibility index (Phi) is 4.56. The molecule has 2 N–H and O–H groups in total. The molecule has 3 nitrogen and oxygen atoms in total. The standard InChI is InChI=1S/C19H23N3/c1-22(2)14-16-6-3-5-15(11-16)12-20-13-17-7-4-8-19-18(17)9-10-21-19/h3-11,20-21H,12-14H2,1-2H3. The van der Waals surface area contributed by atoms with E-state index in [4.69, 9.17) is 0 Å². The number of hydrogen-bond donors (Lipinski definition) is 2. The molecule has 0 fully saturated rings. The van der Waals surface area contributed by atoms with Gasteiger partial charge in [0.05, 0.1) is 0 Å². The van der Waals surface area contributed by atoms with E-state index in [2.05, 4.69) is 77.8 Å². The Labute approximate surface area is 132 Å². The van der Waals surface area contributed by atoms with Gasteiger partial charge in [-0.15, -0.1) is 0 Å². The lowest BCUT2D eigenvalue weighted by atomic mass is 10.1. The van der Waals surface area contributed by atoms with Gasteiger partial charge in [-0.2, -0.15) is 0 Å². The molecule has 0 bridgehead atoms. The van der Waals surface area contributed by atoms with Crippen molar-refractivity contribution in [3.05, 3.63) is 71.4 Å². The summed E-state index contributed by atoms with van der Waals surface area (Å²) >= 11 is 0. The molecular weight excluding hydrogens is 270 g/mol. The molecule has 2 aromatic carbocycles. The minimum atomic E-state index is 0.882. The predicted molar refractivity (Wildman–Crippen MR) is 92.7 cm³/mol. The first-order valence-electron chi connectivity index (χ1n) is 7.70. The van der Waals surface area contributed by atoms with Crippen molar-refractivity contribution in [3.8, 4) is 0 Å². The SMILES string of the molecule is CN(C)Cc1cccc(CNCc2cccc3[nH]ccc23)c1. The molecule has 114 valence electrons. The van der Waals surface area contributed by atoms with Gasteiger partial charge >= 0.3 is 0 Å². The van der Waals surface area contributed by atoms with Crippen LogP contribution in [0.2, 0.25) is 0 Å². The zero-order valence-electron chi connectivity index (χ0n) is 13.3. The quantitative estimate of drug-likeness (QED) is 0.728. The van der Waals surface area contributed by atoms with Gasteiger partial charge in [0.2, 0.25) is 0 Å². The Morgan fingerprint density at radius 2 is 1.77 bits per heavy atom. The van der Waals surface area contributed by atoms with Gasteiger partial charge in [0.1, 0.15) is 0 Å². The molecule has 1 heterocycles. The van der Waals surface area contributed by atoms with Crippen molar-refractivity contribution in [1.29, 1.82) is 0 Å². The largest absolute Gasteiger partial charge is 0.361 e. The lowest BCUT2D eigenvalue weighted by molar-refractivity contribution is 0.402. The van der Waals surface area contributed by atoms with Crippen LogP contribution in [-0.4, -0.2) is 24.0 Å². The summed E-state index contributed by atoms with van der Waals surface area (Å²) in [5, 5.41) is 4.86. The van der Waals surface area contributed by atoms with E-state index in [0.717, 1.165) is 19.6 Å². The first-order valence-corrected chi connectivity index (χ1v) is 7.70. The average Bonchev–Trinajstić information content (AvgIpc) is 2.96. The van der Waals surface area contributed by atoms with Crippen LogP contribution in [0.4, 0.5) is 0 Å². The van der Waals surface area contributed by atoms with Crippen LogP contribution in [0.25, 0.3) is 10.9 Å². The molecular formula is C19H23N3. The second kappa shape index (κ2) is 6.77. The smallest absolute Gasteiger partial charge is 0.0457 e. The maximum atomic E-state index is 3.55. The Morgan fingerprint density at radius 3 is 2.64 bits per heavy atom. The minimum Gasteiger partial charge on any atom is -0.361 e. The molecule has 0 atom stereocenters. The van der Waals surface area contributed by atoms with Crippen LogP contribution in [0.3, 0.4) is 0 Å². The number of hydrogen-bond acceptors (Lipinski definition) is 2. The van der Waals surface area contributed by atoms with E-state index in [0.29, 0.717) is 0 Å². The second-order valence-corrected chi connectivity index (χ2v) is 6.02. The minimum absolute atomic E-state index is 0.882. The summed E-state index contributed by atoms with van der Waals surface area (Å²) in [5.41, 5.74) is 5.23. The van der Waals surface area contributed by atoms with E-state index in [1.165, 1.54) is 27.6 Å². The summed E-state index contributed by atoms with van der Waals surface area (Å²) in [5.74, 6) is 0. The molecule has 0 saturated heterocycles. The van der Waals surface area contributed by atoms with E-state index < -0.39 is 0 Å². The number of H-pyrrole nitrogens is 1. The highest BCUT2D eigenvalue weighted by molar-refractivity contribution is 5.82. The third-order valence-corrected chi connectivity index (χ3v) is 3.82. The van der Waals surface area contributed by atoms with Gasteiger partial charge in [-0.1, -0.05) is 36.4 Å². The van der Waals surface area contributed by atoms with Gasteiger partial charge < -0.3 is 15.2 Å². The Hall–Kier alpha value is -2.10. The van der Waals surface area contributed by atoms with Gasteiger partial charge in [-0.05, 0) is 42.9 Å². The molecule has 0 radical (unpaired) electrons. The molecule has 0 unspecified atom stereocenters. The van der Waals surface area contributed by atoms with Gasteiger partial charge in [0.25, 0.3) is 0 Å². The maximum absolute atomic E-state index is 3.55. The van der Waals surface area contributed by atoms with Crippen molar-refractivity contribution in [2.75, 3.05) is 14.1 Å². The van der Waals surface area contributed by atoms with Crippen LogP contribution in [0.1, 0.15) is 16.7 Å². The highest BCUT2D eigenvalue weighted by Crippen LogP contribution is 2.17. The Balaban J connectivity index is 1.62. The molecule has 0 aliphatic rings. The number of rotatable bonds is 6. The van der Waals surface area contributed by atoms with E-state index in [1.807, 2.05) is 6.20 Å². The Morgan fingerprint density at radius 1 is 0.955 bits per heavy atom. The summed E-state index contributed by atoms with van der Waals surface area (Å²) in [4.78, 5) is 5.45. The topological polar surface area (TPSA) is 31.1 Å². The molecule has 0 saturated carbocycles. The average molecular weight is 293 g/mol. The fraction of sp³-hybridized carbons (Fsp3) is 0.263. The van der Waals surface area contributed by atoms with Crippen molar-refractivity contribution in [1.82, 2.24) is 15.2 Å². The summed E-state index contributed by atoms with van der Waals surface area (Å²) in [6.07, 6.45) is 2.00. The molecule has 22 heavy (non-hydrogen) atoms. The van der Waals surface area contributed by atoms with Crippen LogP contribution >= 0.6 is 0 Å². The summed E-state index contributed by atoms with van der Waals surface area (Å²) in [6, 6.07) is 17.3. The van der Waals surface area contributed by atoms with Gasteiger partial charge in [-0.3, -0.25) is 0 Å². The zero-order chi connectivity index (χ0) is 15.4. The van der Waals surface area contributed by atoms with Crippen LogP contribution < -0.4 is 5.32 Å². The second-order valence-electron chi connectivity index (χ2n) is 6.02. The van der Waals surface area contributed by atoms with Crippen molar-refractivity contribution >= 4 is 10.9 Å². The molecule has 3 rings (SSSR count). The lowest BCUT2D eigenvalue weighted by Crippen LogP contribution is -2.14. The van der Waals surface area contributed by atoms with Crippen LogP contribution in [-0.2, 0) is 19.6 Å². The number of nitrogens with zero attached hydrogens (tertiary/aromatic N) is 1. The monoisotopic (exact) mass is 293 g/mol. The molecule has 3 heteroatoms. The van der Waals surface area contributed by atoms with E-state index >= 15 is 0 Å². The summed E-state index contributed by atoms with van der Waals surface area (Å²) in [7, 11) is 4.20. The van der Waals surface area contributed by atoms with Crippen LogP contribution in [0.15, 0.2) is 54.7 Å². The van der Waals surface area contributed by atoms with Gasteiger partial charge in [0, 0.05) is 36.7 Å². The summed E-state index contributed by atoms with van der Waals surface area (Å²) in [6.45, 7) is 2.76. The molecule has 0 aliphatic carbocycles. The number of fused-ring (bicyclic) bond motifs is 1. The normalized spacial score (nSPS) is 11.4. The van der Waals surface area contributed by atoms with Crippen molar-refractivity contribution < 1.29 is 0 Å². The first kappa shape index (κ1) is 14.8. The zero-order valence-corrected chi connectivity index (χ0v) is 13.3. The van der Waals surface area contributed by atoms with Crippen LogP contribution in [0, 0.1) is 0 Å². The molecule has 0 spiro atoms. The molecule has 0 aliphatic heterocycles. The third-order valence-electron chi connectivity index (χ3n) is 3.82. The van der Waals surface area contributed by atoms with Gasteiger partial charge in [0.15, 0.2) is 0 Å². The van der Waals surface area contributed by atoms with Crippen molar-refractivity contribution in [3.63, 3.8) is 0 Å². The van der Waals surface area contributed by atoms with E-state index in [-0.39, 0.29) is 0 Å². The molecule has 1 aromatic heterocycles. The van der Waals surface area contributed by atoms with E-state index in [9.17, 15) is 0 Å². The highest BCUT2D eigenvalue weighted by atomic mass is 15.0. The third kappa shape index (κ3) is 3.56. The first-order chi connectivity index (χ1) is 10.7. The number of aromatic nitrogens is 1. The van der Waals surface area contributed by atoms with Crippen molar-refractivity contribution in [2.24, 2.45) is 0 Å². The fourth-order valence-corrected chi connectivity index (χ4v) is 2.85. The number of nitrogens with one attached hydrogen (secondary N) is 2. The van der Waals surface area contributed by atoms with Crippen LogP contribution in [0.5, 0.6) is 0 Å². The maximum Gasteiger partial charge on any atom is 0.0457 e. The number of aromatic amines is 1. The molecule has 3 aromatic rings. The predicted octanol–water partition coefficient (Wildman–Crippen LogP) is 3.52. The molecule has 0 amide bonds. The Bertz CT molecular complexity index is 743. The lowest BCUT2D eigenvalue weighted by Gasteiger charge is -2.11.